The van der Waals surface area contributed by atoms with Gasteiger partial charge in [0, 0.05) is 32.8 Å². The van der Waals surface area contributed by atoms with Crippen LogP contribution in [-0.2, 0) is 14.2 Å². The van der Waals surface area contributed by atoms with Crippen molar-refractivity contribution >= 4 is 11.6 Å². The lowest BCUT2D eigenvalue weighted by Gasteiger charge is -2.04. The Bertz CT molecular complexity index is 80.9. The lowest BCUT2D eigenvalue weighted by atomic mass is 10.5. The molecule has 0 rings (SSSR count). The Morgan fingerprint density at radius 2 is 1.46 bits per heavy atom. The van der Waals surface area contributed by atoms with Gasteiger partial charge in [0.1, 0.15) is 0 Å². The van der Waals surface area contributed by atoms with Crippen LogP contribution < -0.4 is 0 Å². The molecule has 0 bridgehead atoms. The minimum atomic E-state index is 0.660. The molecule has 0 aromatic carbocycles. The second-order valence-corrected chi connectivity index (χ2v) is 2.99. The highest BCUT2D eigenvalue weighted by atomic mass is 35.5. The summed E-state index contributed by atoms with van der Waals surface area (Å²) in [6.07, 6.45) is 1.86. The second-order valence-electron chi connectivity index (χ2n) is 2.61. The fraction of sp³-hybridized carbons (Fsp3) is 1.00. The summed E-state index contributed by atoms with van der Waals surface area (Å²) in [6.45, 7) is 3.57. The third-order valence-electron chi connectivity index (χ3n) is 1.43. The first-order chi connectivity index (χ1) is 6.41. The minimum Gasteiger partial charge on any atom is -0.382 e. The van der Waals surface area contributed by atoms with E-state index in [9.17, 15) is 0 Å². The molecule has 0 fully saturated rings. The minimum absolute atomic E-state index is 0.660. The Balaban J connectivity index is 2.76. The average molecular weight is 211 g/mol. The van der Waals surface area contributed by atoms with Crippen LogP contribution in [-0.4, -0.2) is 46.0 Å². The molecule has 0 unspecified atom stereocenters. The fourth-order valence-electron chi connectivity index (χ4n) is 0.766. The molecule has 0 heterocycles. The van der Waals surface area contributed by atoms with E-state index in [0.29, 0.717) is 19.1 Å². The van der Waals surface area contributed by atoms with Crippen LogP contribution >= 0.6 is 11.6 Å². The number of halogens is 1. The summed E-state index contributed by atoms with van der Waals surface area (Å²) in [5.74, 6) is 0.671. The van der Waals surface area contributed by atoms with Crippen LogP contribution in [0.5, 0.6) is 0 Å². The summed E-state index contributed by atoms with van der Waals surface area (Å²) >= 11 is 5.48. The molecule has 0 aliphatic heterocycles. The van der Waals surface area contributed by atoms with E-state index >= 15 is 0 Å². The van der Waals surface area contributed by atoms with Crippen LogP contribution in [0.25, 0.3) is 0 Å². The fourth-order valence-corrected chi connectivity index (χ4v) is 0.875. The summed E-state index contributed by atoms with van der Waals surface area (Å²) in [5.41, 5.74) is 0. The second kappa shape index (κ2) is 12.2. The van der Waals surface area contributed by atoms with Gasteiger partial charge in [-0.3, -0.25) is 0 Å². The number of ether oxygens (including phenoxy) is 3. The first-order valence-electron chi connectivity index (χ1n) is 4.62. The molecule has 80 valence electrons. The van der Waals surface area contributed by atoms with E-state index in [4.69, 9.17) is 25.8 Å². The Kier molecular flexibility index (Phi) is 12.3. The Morgan fingerprint density at radius 3 is 2.08 bits per heavy atom. The van der Waals surface area contributed by atoms with E-state index in [1.165, 1.54) is 0 Å². The first kappa shape index (κ1) is 13.2. The Hall–Kier alpha value is 0.170. The van der Waals surface area contributed by atoms with Crippen LogP contribution in [0, 0.1) is 0 Å². The first-order valence-corrected chi connectivity index (χ1v) is 5.15. The van der Waals surface area contributed by atoms with Gasteiger partial charge in [-0.1, -0.05) is 0 Å². The maximum Gasteiger partial charge on any atom is 0.0700 e. The number of hydrogen-bond acceptors (Lipinski definition) is 3. The van der Waals surface area contributed by atoms with E-state index in [1.54, 1.807) is 7.11 Å². The van der Waals surface area contributed by atoms with E-state index < -0.39 is 0 Å². The third-order valence-corrected chi connectivity index (χ3v) is 1.70. The molecule has 0 atom stereocenters. The van der Waals surface area contributed by atoms with Gasteiger partial charge in [-0.25, -0.2) is 0 Å². The molecule has 0 aliphatic rings. The zero-order chi connectivity index (χ0) is 9.78. The smallest absolute Gasteiger partial charge is 0.0700 e. The lowest BCUT2D eigenvalue weighted by Crippen LogP contribution is -2.06. The van der Waals surface area contributed by atoms with Gasteiger partial charge in [0.15, 0.2) is 0 Å². The van der Waals surface area contributed by atoms with Gasteiger partial charge >= 0.3 is 0 Å². The molecule has 0 aliphatic carbocycles. The third kappa shape index (κ3) is 12.2. The van der Waals surface area contributed by atoms with Gasteiger partial charge in [0.25, 0.3) is 0 Å². The molecule has 0 saturated heterocycles. The molecule has 0 N–H and O–H groups in total. The maximum atomic E-state index is 5.48. The molecule has 0 aromatic heterocycles. The van der Waals surface area contributed by atoms with E-state index in [0.717, 1.165) is 32.7 Å². The van der Waals surface area contributed by atoms with E-state index in [2.05, 4.69) is 0 Å². The highest BCUT2D eigenvalue weighted by Gasteiger charge is 1.90. The Labute approximate surface area is 85.3 Å². The highest BCUT2D eigenvalue weighted by Crippen LogP contribution is 1.89. The van der Waals surface area contributed by atoms with Crippen LogP contribution in [0.1, 0.15) is 12.8 Å². The van der Waals surface area contributed by atoms with Crippen molar-refractivity contribution in [1.82, 2.24) is 0 Å². The molecule has 3 nitrogen and oxygen atoms in total. The molecule has 0 aromatic rings. The standard InChI is InChI=1S/C9H19ClO3/c1-11-8-9-13-7-3-6-12-5-2-4-10/h2-9H2,1H3. The van der Waals surface area contributed by atoms with Crippen molar-refractivity contribution in [1.29, 1.82) is 0 Å². The highest BCUT2D eigenvalue weighted by molar-refractivity contribution is 6.17. The summed E-state index contributed by atoms with van der Waals surface area (Å²) in [4.78, 5) is 0. The number of hydrogen-bond donors (Lipinski definition) is 0. The summed E-state index contributed by atoms with van der Waals surface area (Å²) in [7, 11) is 1.67. The van der Waals surface area contributed by atoms with Crippen molar-refractivity contribution in [2.45, 2.75) is 12.8 Å². The lowest BCUT2D eigenvalue weighted by molar-refractivity contribution is 0.0516. The Morgan fingerprint density at radius 1 is 0.846 bits per heavy atom. The quantitative estimate of drug-likeness (QED) is 0.406. The zero-order valence-corrected chi connectivity index (χ0v) is 9.02. The predicted molar refractivity (Wildman–Crippen MR) is 53.5 cm³/mol. The van der Waals surface area contributed by atoms with E-state index in [-0.39, 0.29) is 0 Å². The molecule has 13 heavy (non-hydrogen) atoms. The maximum absolute atomic E-state index is 5.48. The van der Waals surface area contributed by atoms with Crippen LogP contribution in [0.15, 0.2) is 0 Å². The number of rotatable bonds is 10. The summed E-state index contributed by atoms with van der Waals surface area (Å²) in [6, 6.07) is 0. The molecule has 0 saturated carbocycles. The van der Waals surface area contributed by atoms with Crippen molar-refractivity contribution in [2.24, 2.45) is 0 Å². The molecular weight excluding hydrogens is 192 g/mol. The number of methoxy groups -OCH3 is 1. The van der Waals surface area contributed by atoms with Gasteiger partial charge in [-0.2, -0.15) is 0 Å². The SMILES string of the molecule is COCCOCCCOCCCCl. The molecule has 0 spiro atoms. The molecule has 0 amide bonds. The molecular formula is C9H19ClO3. The van der Waals surface area contributed by atoms with Crippen molar-refractivity contribution in [3.8, 4) is 0 Å². The predicted octanol–water partition coefficient (Wildman–Crippen LogP) is 1.69. The largest absolute Gasteiger partial charge is 0.382 e. The van der Waals surface area contributed by atoms with Gasteiger partial charge < -0.3 is 14.2 Å². The number of alkyl halides is 1. The summed E-state index contributed by atoms with van der Waals surface area (Å²) in [5, 5.41) is 0. The van der Waals surface area contributed by atoms with Gasteiger partial charge in [-0.15, -0.1) is 11.6 Å². The molecule has 0 radical (unpaired) electrons. The van der Waals surface area contributed by atoms with Crippen molar-refractivity contribution in [3.05, 3.63) is 0 Å². The van der Waals surface area contributed by atoms with Gasteiger partial charge in [0.2, 0.25) is 0 Å². The van der Waals surface area contributed by atoms with Gasteiger partial charge in [-0.05, 0) is 12.8 Å². The summed E-state index contributed by atoms with van der Waals surface area (Å²) < 4.78 is 15.4. The topological polar surface area (TPSA) is 27.7 Å². The molecule has 4 heteroatoms. The van der Waals surface area contributed by atoms with Crippen LogP contribution in [0.2, 0.25) is 0 Å². The van der Waals surface area contributed by atoms with Crippen molar-refractivity contribution < 1.29 is 14.2 Å². The average Bonchev–Trinajstić information content (AvgIpc) is 2.16. The van der Waals surface area contributed by atoms with E-state index in [1.807, 2.05) is 0 Å². The van der Waals surface area contributed by atoms with Crippen molar-refractivity contribution in [2.75, 3.05) is 46.0 Å². The normalized spacial score (nSPS) is 10.6. The zero-order valence-electron chi connectivity index (χ0n) is 8.26. The van der Waals surface area contributed by atoms with Crippen molar-refractivity contribution in [3.63, 3.8) is 0 Å². The van der Waals surface area contributed by atoms with Gasteiger partial charge in [0.05, 0.1) is 13.2 Å². The van der Waals surface area contributed by atoms with Crippen LogP contribution in [0.3, 0.4) is 0 Å². The monoisotopic (exact) mass is 210 g/mol. The van der Waals surface area contributed by atoms with Crippen LogP contribution in [0.4, 0.5) is 0 Å².